The van der Waals surface area contributed by atoms with Gasteiger partial charge in [-0.15, -0.1) is 0 Å². The normalized spacial score (nSPS) is 15.7. The molecule has 0 saturated heterocycles. The summed E-state index contributed by atoms with van der Waals surface area (Å²) in [6.45, 7) is 6.92. The quantitative estimate of drug-likeness (QED) is 0.570. The van der Waals surface area contributed by atoms with Crippen molar-refractivity contribution >= 4 is 0 Å². The molecule has 2 atom stereocenters. The lowest BCUT2D eigenvalue weighted by atomic mass is 9.96. The summed E-state index contributed by atoms with van der Waals surface area (Å²) < 4.78 is 0. The third-order valence-electron chi connectivity index (χ3n) is 2.89. The number of rotatable bonds is 8. The van der Waals surface area contributed by atoms with Crippen LogP contribution in [0.4, 0.5) is 0 Å². The van der Waals surface area contributed by atoms with E-state index < -0.39 is 0 Å². The molecule has 0 aliphatic carbocycles. The zero-order chi connectivity index (χ0) is 10.1. The average molecular weight is 185 g/mol. The summed E-state index contributed by atoms with van der Waals surface area (Å²) in [4.78, 5) is 0. The van der Waals surface area contributed by atoms with Crippen LogP contribution in [0.5, 0.6) is 0 Å². The van der Waals surface area contributed by atoms with E-state index in [9.17, 15) is 0 Å². The molecule has 1 nitrogen and oxygen atoms in total. The first-order valence-corrected chi connectivity index (χ1v) is 5.88. The maximum absolute atomic E-state index is 3.29. The van der Waals surface area contributed by atoms with E-state index in [1.54, 1.807) is 0 Å². The second-order valence-electron chi connectivity index (χ2n) is 4.37. The SMILES string of the molecule is CCCCC[C@H](C)CC[C@H](C)NC. The van der Waals surface area contributed by atoms with Gasteiger partial charge in [-0.1, -0.05) is 39.5 Å². The van der Waals surface area contributed by atoms with E-state index in [4.69, 9.17) is 0 Å². The predicted octanol–water partition coefficient (Wildman–Crippen LogP) is 3.59. The summed E-state index contributed by atoms with van der Waals surface area (Å²) in [6, 6.07) is 0.689. The Bertz CT molecular complexity index is 101. The van der Waals surface area contributed by atoms with Crippen molar-refractivity contribution in [3.63, 3.8) is 0 Å². The van der Waals surface area contributed by atoms with Crippen molar-refractivity contribution in [2.24, 2.45) is 5.92 Å². The fourth-order valence-corrected chi connectivity index (χ4v) is 1.57. The maximum atomic E-state index is 3.29. The lowest BCUT2D eigenvalue weighted by molar-refractivity contribution is 0.416. The molecule has 0 unspecified atom stereocenters. The van der Waals surface area contributed by atoms with Crippen LogP contribution in [-0.4, -0.2) is 13.1 Å². The molecule has 1 N–H and O–H groups in total. The highest BCUT2D eigenvalue weighted by molar-refractivity contribution is 4.61. The molecular formula is C12H27N. The average Bonchev–Trinajstić information content (AvgIpc) is 2.14. The van der Waals surface area contributed by atoms with Crippen LogP contribution < -0.4 is 5.32 Å². The van der Waals surface area contributed by atoms with Crippen molar-refractivity contribution < 1.29 is 0 Å². The van der Waals surface area contributed by atoms with Crippen LogP contribution >= 0.6 is 0 Å². The van der Waals surface area contributed by atoms with Gasteiger partial charge in [-0.05, 0) is 32.7 Å². The van der Waals surface area contributed by atoms with Crippen LogP contribution in [0.15, 0.2) is 0 Å². The van der Waals surface area contributed by atoms with Gasteiger partial charge >= 0.3 is 0 Å². The van der Waals surface area contributed by atoms with E-state index in [1.165, 1.54) is 38.5 Å². The lowest BCUT2D eigenvalue weighted by Crippen LogP contribution is -2.21. The standard InChI is InChI=1S/C12H27N/c1-5-6-7-8-11(2)9-10-12(3)13-4/h11-13H,5-10H2,1-4H3/t11-,12-/m0/s1. The third-order valence-corrected chi connectivity index (χ3v) is 2.89. The van der Waals surface area contributed by atoms with Crippen LogP contribution in [-0.2, 0) is 0 Å². The van der Waals surface area contributed by atoms with Crippen molar-refractivity contribution in [3.8, 4) is 0 Å². The van der Waals surface area contributed by atoms with Gasteiger partial charge in [0.2, 0.25) is 0 Å². The first-order valence-electron chi connectivity index (χ1n) is 5.88. The minimum Gasteiger partial charge on any atom is -0.317 e. The molecular weight excluding hydrogens is 158 g/mol. The van der Waals surface area contributed by atoms with Gasteiger partial charge in [0.25, 0.3) is 0 Å². The summed E-state index contributed by atoms with van der Waals surface area (Å²) in [7, 11) is 2.05. The van der Waals surface area contributed by atoms with Crippen molar-refractivity contribution in [3.05, 3.63) is 0 Å². The van der Waals surface area contributed by atoms with Gasteiger partial charge in [0.1, 0.15) is 0 Å². The molecule has 0 saturated carbocycles. The van der Waals surface area contributed by atoms with Crippen LogP contribution in [0.1, 0.15) is 59.3 Å². The maximum Gasteiger partial charge on any atom is 0.00358 e. The summed E-state index contributed by atoms with van der Waals surface area (Å²) >= 11 is 0. The summed E-state index contributed by atoms with van der Waals surface area (Å²) in [5.41, 5.74) is 0. The molecule has 13 heavy (non-hydrogen) atoms. The molecule has 0 bridgehead atoms. The van der Waals surface area contributed by atoms with Crippen LogP contribution in [0.25, 0.3) is 0 Å². The molecule has 1 heteroatoms. The van der Waals surface area contributed by atoms with Crippen LogP contribution in [0, 0.1) is 5.92 Å². The van der Waals surface area contributed by atoms with E-state index in [-0.39, 0.29) is 0 Å². The first kappa shape index (κ1) is 13.0. The predicted molar refractivity (Wildman–Crippen MR) is 61.1 cm³/mol. The summed E-state index contributed by atoms with van der Waals surface area (Å²) in [5, 5.41) is 3.29. The Morgan fingerprint density at radius 3 is 2.23 bits per heavy atom. The van der Waals surface area contributed by atoms with Crippen molar-refractivity contribution in [2.45, 2.75) is 65.3 Å². The molecule has 80 valence electrons. The van der Waals surface area contributed by atoms with Gasteiger partial charge in [-0.25, -0.2) is 0 Å². The first-order chi connectivity index (χ1) is 6.20. The summed E-state index contributed by atoms with van der Waals surface area (Å²) in [5.74, 6) is 0.919. The third kappa shape index (κ3) is 8.29. The molecule has 0 aromatic heterocycles. The summed E-state index contributed by atoms with van der Waals surface area (Å²) in [6.07, 6.45) is 8.30. The van der Waals surface area contributed by atoms with Crippen LogP contribution in [0.3, 0.4) is 0 Å². The highest BCUT2D eigenvalue weighted by Crippen LogP contribution is 2.15. The molecule has 0 aliphatic rings. The van der Waals surface area contributed by atoms with Gasteiger partial charge in [0.05, 0.1) is 0 Å². The Labute approximate surface area is 84.3 Å². The minimum absolute atomic E-state index is 0.689. The minimum atomic E-state index is 0.689. The van der Waals surface area contributed by atoms with E-state index in [1.807, 2.05) is 7.05 Å². The Balaban J connectivity index is 3.24. The van der Waals surface area contributed by atoms with Gasteiger partial charge < -0.3 is 5.32 Å². The van der Waals surface area contributed by atoms with Crippen LogP contribution in [0.2, 0.25) is 0 Å². The molecule has 0 aromatic carbocycles. The Morgan fingerprint density at radius 2 is 1.69 bits per heavy atom. The Kier molecular flexibility index (Phi) is 8.53. The molecule has 0 aliphatic heterocycles. The van der Waals surface area contributed by atoms with E-state index in [0.29, 0.717) is 6.04 Å². The van der Waals surface area contributed by atoms with Gasteiger partial charge in [0.15, 0.2) is 0 Å². The number of hydrogen-bond acceptors (Lipinski definition) is 1. The Hall–Kier alpha value is -0.0400. The van der Waals surface area contributed by atoms with Gasteiger partial charge in [-0.3, -0.25) is 0 Å². The monoisotopic (exact) mass is 185 g/mol. The number of nitrogens with one attached hydrogen (secondary N) is 1. The van der Waals surface area contributed by atoms with Crippen molar-refractivity contribution in [1.29, 1.82) is 0 Å². The zero-order valence-corrected chi connectivity index (χ0v) is 9.90. The highest BCUT2D eigenvalue weighted by Gasteiger charge is 2.04. The number of unbranched alkanes of at least 4 members (excludes halogenated alkanes) is 2. The van der Waals surface area contributed by atoms with Crippen molar-refractivity contribution in [2.75, 3.05) is 7.05 Å². The Morgan fingerprint density at radius 1 is 1.00 bits per heavy atom. The van der Waals surface area contributed by atoms with E-state index in [2.05, 4.69) is 26.1 Å². The molecule has 0 heterocycles. The second-order valence-corrected chi connectivity index (χ2v) is 4.37. The molecule has 0 amide bonds. The lowest BCUT2D eigenvalue weighted by Gasteiger charge is -2.14. The molecule has 0 fully saturated rings. The molecule has 0 rings (SSSR count). The largest absolute Gasteiger partial charge is 0.317 e. The smallest absolute Gasteiger partial charge is 0.00358 e. The molecule has 0 radical (unpaired) electrons. The zero-order valence-electron chi connectivity index (χ0n) is 9.90. The van der Waals surface area contributed by atoms with Gasteiger partial charge in [0, 0.05) is 6.04 Å². The second kappa shape index (κ2) is 8.55. The fourth-order valence-electron chi connectivity index (χ4n) is 1.57. The van der Waals surface area contributed by atoms with E-state index in [0.717, 1.165) is 5.92 Å². The molecule has 0 aromatic rings. The number of hydrogen-bond donors (Lipinski definition) is 1. The topological polar surface area (TPSA) is 12.0 Å². The van der Waals surface area contributed by atoms with Gasteiger partial charge in [-0.2, -0.15) is 0 Å². The fraction of sp³-hybridized carbons (Fsp3) is 1.00. The highest BCUT2D eigenvalue weighted by atomic mass is 14.8. The van der Waals surface area contributed by atoms with E-state index >= 15 is 0 Å². The van der Waals surface area contributed by atoms with Crippen molar-refractivity contribution in [1.82, 2.24) is 5.32 Å². The molecule has 0 spiro atoms.